The molecule has 0 spiro atoms. The number of aromatic nitrogens is 2. The van der Waals surface area contributed by atoms with E-state index in [1.165, 1.54) is 0 Å². The van der Waals surface area contributed by atoms with Crippen LogP contribution in [0.25, 0.3) is 11.0 Å². The molecule has 2 saturated heterocycles. The number of likely N-dealkylation sites (tertiary alicyclic amines) is 1. The summed E-state index contributed by atoms with van der Waals surface area (Å²) in [5, 5.41) is 0.593. The maximum absolute atomic E-state index is 13.7. The smallest absolute Gasteiger partial charge is 0.242 e. The third-order valence-corrected chi connectivity index (χ3v) is 5.28. The average molecular weight is 366 g/mol. The zero-order chi connectivity index (χ0) is 17.6. The molecule has 4 rings (SSSR count). The van der Waals surface area contributed by atoms with Crippen LogP contribution in [0.15, 0.2) is 18.2 Å². The molecule has 1 aromatic heterocycles. The number of nitrogens with two attached hydrogens (primary N) is 1. The Morgan fingerprint density at radius 1 is 1.36 bits per heavy atom. The van der Waals surface area contributed by atoms with Gasteiger partial charge < -0.3 is 20.1 Å². The monoisotopic (exact) mass is 365 g/mol. The summed E-state index contributed by atoms with van der Waals surface area (Å²) in [5.41, 5.74) is 7.49. The van der Waals surface area contributed by atoms with E-state index in [1.54, 1.807) is 6.07 Å². The van der Waals surface area contributed by atoms with Gasteiger partial charge in [-0.2, -0.15) is 0 Å². The van der Waals surface area contributed by atoms with Crippen LogP contribution in [0.2, 0.25) is 5.02 Å². The zero-order valence-electron chi connectivity index (χ0n) is 13.9. The minimum Gasteiger partial charge on any atom is -0.341 e. The van der Waals surface area contributed by atoms with Crippen LogP contribution >= 0.6 is 11.6 Å². The van der Waals surface area contributed by atoms with Crippen molar-refractivity contribution in [2.45, 2.75) is 31.6 Å². The van der Waals surface area contributed by atoms with Crippen LogP contribution in [0.5, 0.6) is 0 Å². The van der Waals surface area contributed by atoms with Gasteiger partial charge in [0.05, 0.1) is 17.1 Å². The molecule has 0 radical (unpaired) electrons. The first-order valence-electron chi connectivity index (χ1n) is 8.61. The van der Waals surface area contributed by atoms with E-state index >= 15 is 0 Å². The van der Waals surface area contributed by atoms with Crippen molar-refractivity contribution in [3.8, 4) is 0 Å². The van der Waals surface area contributed by atoms with Gasteiger partial charge in [-0.3, -0.25) is 4.79 Å². The number of carbonyl (C=O) groups excluding carboxylic acids is 1. The highest BCUT2D eigenvalue weighted by molar-refractivity contribution is 6.31. The highest BCUT2D eigenvalue weighted by atomic mass is 35.5. The first-order valence-corrected chi connectivity index (χ1v) is 8.99. The van der Waals surface area contributed by atoms with E-state index in [0.717, 1.165) is 30.5 Å². The van der Waals surface area contributed by atoms with Gasteiger partial charge >= 0.3 is 0 Å². The molecule has 0 bridgehead atoms. The molecule has 1 amide bonds. The number of piperidine rings is 1. The molecule has 2 N–H and O–H groups in total. The van der Waals surface area contributed by atoms with E-state index in [0.29, 0.717) is 30.5 Å². The number of rotatable bonds is 3. The Labute approximate surface area is 150 Å². The summed E-state index contributed by atoms with van der Waals surface area (Å²) in [5.74, 6) is 0.727. The van der Waals surface area contributed by atoms with E-state index < -0.39 is 12.2 Å². The average Bonchev–Trinajstić information content (AvgIpc) is 2.86. The normalized spacial score (nSPS) is 23.8. The van der Waals surface area contributed by atoms with Crippen LogP contribution in [-0.2, 0) is 11.3 Å². The van der Waals surface area contributed by atoms with Crippen LogP contribution < -0.4 is 10.6 Å². The Balaban J connectivity index is 1.71. The second-order valence-corrected chi connectivity index (χ2v) is 7.22. The quantitative estimate of drug-likeness (QED) is 0.900. The number of hydrogen-bond acceptors (Lipinski definition) is 4. The SMILES string of the molecule is N[C@@H]1CN(c2nc3ccc(Cl)cc3n2CC(=O)N2CCC2)CC[C@H]1F. The predicted molar refractivity (Wildman–Crippen MR) is 95.6 cm³/mol. The number of fused-ring (bicyclic) bond motifs is 1. The molecule has 2 aliphatic heterocycles. The van der Waals surface area contributed by atoms with Crippen molar-refractivity contribution >= 4 is 34.5 Å². The lowest BCUT2D eigenvalue weighted by atomic mass is 10.1. The Morgan fingerprint density at radius 3 is 2.84 bits per heavy atom. The Bertz CT molecular complexity index is 806. The fourth-order valence-electron chi connectivity index (χ4n) is 3.42. The zero-order valence-corrected chi connectivity index (χ0v) is 14.6. The van der Waals surface area contributed by atoms with Gasteiger partial charge in [-0.1, -0.05) is 11.6 Å². The molecule has 0 aliphatic carbocycles. The lowest BCUT2D eigenvalue weighted by molar-refractivity contribution is -0.135. The number of imidazole rings is 1. The van der Waals surface area contributed by atoms with Gasteiger partial charge in [0.25, 0.3) is 0 Å². The summed E-state index contributed by atoms with van der Waals surface area (Å²) in [4.78, 5) is 21.0. The van der Waals surface area contributed by atoms with Gasteiger partial charge in [0.2, 0.25) is 11.9 Å². The summed E-state index contributed by atoms with van der Waals surface area (Å²) in [6, 6.07) is 4.89. The first-order chi connectivity index (χ1) is 12.0. The summed E-state index contributed by atoms with van der Waals surface area (Å²) < 4.78 is 15.6. The number of amides is 1. The highest BCUT2D eigenvalue weighted by Crippen LogP contribution is 2.28. The van der Waals surface area contributed by atoms with Gasteiger partial charge in [0.1, 0.15) is 12.7 Å². The summed E-state index contributed by atoms with van der Waals surface area (Å²) in [6.07, 6.45) is 0.422. The van der Waals surface area contributed by atoms with E-state index in [-0.39, 0.29) is 12.5 Å². The number of nitrogens with zero attached hydrogens (tertiary/aromatic N) is 4. The van der Waals surface area contributed by atoms with Crippen LogP contribution in [0.1, 0.15) is 12.8 Å². The van der Waals surface area contributed by atoms with Gasteiger partial charge in [-0.25, -0.2) is 9.37 Å². The minimum absolute atomic E-state index is 0.0662. The van der Waals surface area contributed by atoms with Gasteiger partial charge in [0.15, 0.2) is 0 Å². The molecule has 8 heteroatoms. The van der Waals surface area contributed by atoms with Crippen LogP contribution in [0.3, 0.4) is 0 Å². The summed E-state index contributed by atoms with van der Waals surface area (Å²) in [7, 11) is 0. The Kier molecular flexibility index (Phi) is 4.29. The molecular weight excluding hydrogens is 345 g/mol. The standard InChI is InChI=1S/C17H21ClFN5O/c18-11-2-3-14-15(8-11)24(10-16(25)22-5-1-6-22)17(21-14)23-7-4-12(19)13(20)9-23/h2-3,8,12-13H,1,4-7,9-10,20H2/t12-,13-/m1/s1. The van der Waals surface area contributed by atoms with Crippen LogP contribution in [-0.4, -0.2) is 58.8 Å². The number of anilines is 1. The number of halogens is 2. The van der Waals surface area contributed by atoms with Crippen molar-refractivity contribution in [2.75, 3.05) is 31.1 Å². The molecule has 25 heavy (non-hydrogen) atoms. The largest absolute Gasteiger partial charge is 0.341 e. The van der Waals surface area contributed by atoms with Crippen molar-refractivity contribution < 1.29 is 9.18 Å². The Morgan fingerprint density at radius 2 is 2.16 bits per heavy atom. The third-order valence-electron chi connectivity index (χ3n) is 5.05. The number of alkyl halides is 1. The first kappa shape index (κ1) is 16.6. The molecule has 6 nitrogen and oxygen atoms in total. The van der Waals surface area contributed by atoms with Gasteiger partial charge in [-0.05, 0) is 31.0 Å². The van der Waals surface area contributed by atoms with Crippen molar-refractivity contribution in [3.63, 3.8) is 0 Å². The highest BCUT2D eigenvalue weighted by Gasteiger charge is 2.30. The number of hydrogen-bond donors (Lipinski definition) is 1. The van der Waals surface area contributed by atoms with E-state index in [1.807, 2.05) is 26.5 Å². The lowest BCUT2D eigenvalue weighted by Gasteiger charge is -2.35. The van der Waals surface area contributed by atoms with Gasteiger partial charge in [-0.15, -0.1) is 0 Å². The summed E-state index contributed by atoms with van der Waals surface area (Å²) >= 11 is 6.15. The van der Waals surface area contributed by atoms with Crippen molar-refractivity contribution in [1.82, 2.24) is 14.5 Å². The van der Waals surface area contributed by atoms with Crippen molar-refractivity contribution in [3.05, 3.63) is 23.2 Å². The minimum atomic E-state index is -0.994. The number of carbonyl (C=O) groups is 1. The number of benzene rings is 1. The summed E-state index contributed by atoms with van der Waals surface area (Å²) in [6.45, 7) is 2.73. The van der Waals surface area contributed by atoms with Crippen molar-refractivity contribution in [1.29, 1.82) is 0 Å². The van der Waals surface area contributed by atoms with E-state index in [2.05, 4.69) is 4.98 Å². The maximum atomic E-state index is 13.7. The molecule has 2 fully saturated rings. The molecule has 134 valence electrons. The fourth-order valence-corrected chi connectivity index (χ4v) is 3.58. The van der Waals surface area contributed by atoms with Gasteiger partial charge in [0, 0.05) is 31.2 Å². The second-order valence-electron chi connectivity index (χ2n) is 6.78. The maximum Gasteiger partial charge on any atom is 0.242 e. The third kappa shape index (κ3) is 3.06. The molecule has 0 unspecified atom stereocenters. The predicted octanol–water partition coefficient (Wildman–Crippen LogP) is 1.80. The molecule has 2 aromatic rings. The molecule has 1 aromatic carbocycles. The molecule has 2 atom stereocenters. The lowest BCUT2D eigenvalue weighted by Crippen LogP contribution is -2.50. The molecular formula is C17H21ClFN5O. The Hall–Kier alpha value is -1.86. The van der Waals surface area contributed by atoms with Crippen LogP contribution in [0, 0.1) is 0 Å². The molecule has 3 heterocycles. The van der Waals surface area contributed by atoms with E-state index in [9.17, 15) is 9.18 Å². The van der Waals surface area contributed by atoms with Crippen LogP contribution in [0.4, 0.5) is 10.3 Å². The van der Waals surface area contributed by atoms with E-state index in [4.69, 9.17) is 17.3 Å². The second kappa shape index (κ2) is 6.46. The topological polar surface area (TPSA) is 67.4 Å². The molecule has 2 aliphatic rings. The fraction of sp³-hybridized carbons (Fsp3) is 0.529. The van der Waals surface area contributed by atoms with Crippen molar-refractivity contribution in [2.24, 2.45) is 5.73 Å². The molecule has 0 saturated carbocycles.